The molecule has 0 unspecified atom stereocenters. The molecule has 0 aromatic heterocycles. The third-order valence-electron chi connectivity index (χ3n) is 3.45. The van der Waals surface area contributed by atoms with E-state index in [9.17, 15) is 0 Å². The Labute approximate surface area is 134 Å². The standard InChI is InChI=1S/C17H29ClN2O/c1-17(2,3)19-13-14-15(18)9-8-10-16(14)20(4)11-6-5-7-12-21/h8-10,19,21H,5-7,11-13H2,1-4H3. The van der Waals surface area contributed by atoms with Crippen LogP contribution in [0.3, 0.4) is 0 Å². The molecule has 0 aliphatic carbocycles. The van der Waals surface area contributed by atoms with Crippen LogP contribution in [0.4, 0.5) is 5.69 Å². The molecular formula is C17H29ClN2O. The van der Waals surface area contributed by atoms with E-state index in [0.29, 0.717) is 0 Å². The SMILES string of the molecule is CN(CCCCCO)c1cccc(Cl)c1CNC(C)(C)C. The van der Waals surface area contributed by atoms with Crippen molar-refractivity contribution in [2.24, 2.45) is 0 Å². The summed E-state index contributed by atoms with van der Waals surface area (Å²) in [5, 5.41) is 13.2. The molecule has 4 heteroatoms. The van der Waals surface area contributed by atoms with Crippen LogP contribution >= 0.6 is 11.6 Å². The highest BCUT2D eigenvalue weighted by molar-refractivity contribution is 6.31. The predicted molar refractivity (Wildman–Crippen MR) is 92.3 cm³/mol. The van der Waals surface area contributed by atoms with Gasteiger partial charge < -0.3 is 15.3 Å². The average Bonchev–Trinajstić information content (AvgIpc) is 2.40. The van der Waals surface area contributed by atoms with Crippen LogP contribution in [0, 0.1) is 0 Å². The van der Waals surface area contributed by atoms with Crippen LogP contribution in [-0.2, 0) is 6.54 Å². The van der Waals surface area contributed by atoms with Crippen LogP contribution in [0.5, 0.6) is 0 Å². The summed E-state index contributed by atoms with van der Waals surface area (Å²) in [5.74, 6) is 0. The third kappa shape index (κ3) is 6.68. The van der Waals surface area contributed by atoms with Gasteiger partial charge in [0.15, 0.2) is 0 Å². The number of benzene rings is 1. The Bertz CT molecular complexity index is 429. The van der Waals surface area contributed by atoms with Crippen LogP contribution in [0.15, 0.2) is 18.2 Å². The van der Waals surface area contributed by atoms with Crippen molar-refractivity contribution in [3.8, 4) is 0 Å². The Hall–Kier alpha value is -0.770. The minimum Gasteiger partial charge on any atom is -0.396 e. The van der Waals surface area contributed by atoms with E-state index in [1.165, 1.54) is 5.69 Å². The summed E-state index contributed by atoms with van der Waals surface area (Å²) < 4.78 is 0. The Morgan fingerprint density at radius 3 is 2.52 bits per heavy atom. The molecule has 0 bridgehead atoms. The van der Waals surface area contributed by atoms with Crippen molar-refractivity contribution < 1.29 is 5.11 Å². The molecule has 0 fully saturated rings. The van der Waals surface area contributed by atoms with E-state index in [4.69, 9.17) is 16.7 Å². The Kier molecular flexibility index (Phi) is 7.50. The van der Waals surface area contributed by atoms with Crippen molar-refractivity contribution in [2.75, 3.05) is 25.1 Å². The molecule has 0 aliphatic rings. The van der Waals surface area contributed by atoms with Gasteiger partial charge in [-0.2, -0.15) is 0 Å². The van der Waals surface area contributed by atoms with Gasteiger partial charge in [-0.25, -0.2) is 0 Å². The number of rotatable bonds is 8. The minimum atomic E-state index is 0.0656. The summed E-state index contributed by atoms with van der Waals surface area (Å²) in [6.07, 6.45) is 3.01. The molecule has 0 atom stereocenters. The number of hydrogen-bond acceptors (Lipinski definition) is 3. The van der Waals surface area contributed by atoms with Crippen molar-refractivity contribution in [1.29, 1.82) is 0 Å². The molecule has 0 saturated carbocycles. The molecule has 0 spiro atoms. The van der Waals surface area contributed by atoms with Gasteiger partial charge >= 0.3 is 0 Å². The predicted octanol–water partition coefficient (Wildman–Crippen LogP) is 3.83. The zero-order valence-electron chi connectivity index (χ0n) is 13.7. The zero-order valence-corrected chi connectivity index (χ0v) is 14.5. The van der Waals surface area contributed by atoms with Crippen molar-refractivity contribution in [1.82, 2.24) is 5.32 Å². The molecular weight excluding hydrogens is 284 g/mol. The molecule has 0 heterocycles. The second-order valence-electron chi connectivity index (χ2n) is 6.55. The first-order valence-electron chi connectivity index (χ1n) is 7.69. The third-order valence-corrected chi connectivity index (χ3v) is 3.81. The summed E-state index contributed by atoms with van der Waals surface area (Å²) in [6.45, 7) is 8.48. The summed E-state index contributed by atoms with van der Waals surface area (Å²) >= 11 is 6.39. The van der Waals surface area contributed by atoms with Crippen LogP contribution in [0.2, 0.25) is 5.02 Å². The van der Waals surface area contributed by atoms with Gasteiger partial charge in [-0.15, -0.1) is 0 Å². The zero-order chi connectivity index (χ0) is 15.9. The van der Waals surface area contributed by atoms with Crippen molar-refractivity contribution in [3.05, 3.63) is 28.8 Å². The first kappa shape index (κ1) is 18.3. The first-order valence-corrected chi connectivity index (χ1v) is 8.07. The van der Waals surface area contributed by atoms with E-state index in [1.54, 1.807) is 0 Å². The average molecular weight is 313 g/mol. The van der Waals surface area contributed by atoms with Gasteiger partial charge in [-0.1, -0.05) is 17.7 Å². The maximum atomic E-state index is 8.84. The second kappa shape index (κ2) is 8.62. The van der Waals surface area contributed by atoms with E-state index in [-0.39, 0.29) is 12.1 Å². The van der Waals surface area contributed by atoms with Gasteiger partial charge in [0.2, 0.25) is 0 Å². The van der Waals surface area contributed by atoms with Crippen LogP contribution in [-0.4, -0.2) is 30.8 Å². The Morgan fingerprint density at radius 2 is 1.90 bits per heavy atom. The van der Waals surface area contributed by atoms with Crippen molar-refractivity contribution >= 4 is 17.3 Å². The Morgan fingerprint density at radius 1 is 1.19 bits per heavy atom. The second-order valence-corrected chi connectivity index (χ2v) is 6.95. The number of halogens is 1. The molecule has 120 valence electrons. The van der Waals surface area contributed by atoms with Crippen LogP contribution in [0.25, 0.3) is 0 Å². The molecule has 21 heavy (non-hydrogen) atoms. The van der Waals surface area contributed by atoms with E-state index >= 15 is 0 Å². The maximum Gasteiger partial charge on any atom is 0.0471 e. The largest absolute Gasteiger partial charge is 0.396 e. The molecule has 1 aromatic carbocycles. The van der Waals surface area contributed by atoms with Crippen LogP contribution < -0.4 is 10.2 Å². The van der Waals surface area contributed by atoms with E-state index < -0.39 is 0 Å². The number of aliphatic hydroxyl groups excluding tert-OH is 1. The van der Waals surface area contributed by atoms with Gasteiger partial charge in [-0.3, -0.25) is 0 Å². The fourth-order valence-electron chi connectivity index (χ4n) is 2.19. The van der Waals surface area contributed by atoms with E-state index in [1.807, 2.05) is 12.1 Å². The molecule has 1 aromatic rings. The highest BCUT2D eigenvalue weighted by Gasteiger charge is 2.14. The topological polar surface area (TPSA) is 35.5 Å². The number of nitrogens with zero attached hydrogens (tertiary/aromatic N) is 1. The minimum absolute atomic E-state index is 0.0656. The monoisotopic (exact) mass is 312 g/mol. The highest BCUT2D eigenvalue weighted by Crippen LogP contribution is 2.27. The summed E-state index contributed by atoms with van der Waals surface area (Å²) in [6, 6.07) is 6.07. The van der Waals surface area contributed by atoms with Crippen molar-refractivity contribution in [2.45, 2.75) is 52.1 Å². The number of nitrogens with one attached hydrogen (secondary N) is 1. The molecule has 0 aliphatic heterocycles. The lowest BCUT2D eigenvalue weighted by atomic mass is 10.1. The summed E-state index contributed by atoms with van der Waals surface area (Å²) in [7, 11) is 2.10. The lowest BCUT2D eigenvalue weighted by Gasteiger charge is -2.26. The van der Waals surface area contributed by atoms with Gasteiger partial charge in [0.05, 0.1) is 0 Å². The highest BCUT2D eigenvalue weighted by atomic mass is 35.5. The summed E-state index contributed by atoms with van der Waals surface area (Å²) in [5.41, 5.74) is 2.40. The molecule has 3 nitrogen and oxygen atoms in total. The maximum absolute atomic E-state index is 8.84. The van der Waals surface area contributed by atoms with Gasteiger partial charge in [-0.05, 0) is 52.2 Å². The van der Waals surface area contributed by atoms with Crippen LogP contribution in [0.1, 0.15) is 45.6 Å². The number of anilines is 1. The van der Waals surface area contributed by atoms with Crippen molar-refractivity contribution in [3.63, 3.8) is 0 Å². The number of hydrogen-bond donors (Lipinski definition) is 2. The van der Waals surface area contributed by atoms with E-state index in [0.717, 1.165) is 42.9 Å². The van der Waals surface area contributed by atoms with E-state index in [2.05, 4.69) is 44.1 Å². The Balaban J connectivity index is 2.74. The fraction of sp³-hybridized carbons (Fsp3) is 0.647. The molecule has 0 amide bonds. The quantitative estimate of drug-likeness (QED) is 0.716. The molecule has 0 radical (unpaired) electrons. The molecule has 0 saturated heterocycles. The normalized spacial score (nSPS) is 11.7. The molecule has 2 N–H and O–H groups in total. The van der Waals surface area contributed by atoms with Gasteiger partial charge in [0, 0.05) is 48.6 Å². The molecule has 1 rings (SSSR count). The first-order chi connectivity index (χ1) is 9.85. The number of unbranched alkanes of at least 4 members (excludes halogenated alkanes) is 2. The lowest BCUT2D eigenvalue weighted by molar-refractivity contribution is 0.283. The lowest BCUT2D eigenvalue weighted by Crippen LogP contribution is -2.35. The fourth-order valence-corrected chi connectivity index (χ4v) is 2.43. The van der Waals surface area contributed by atoms with Gasteiger partial charge in [0.1, 0.15) is 0 Å². The summed E-state index contributed by atoms with van der Waals surface area (Å²) in [4.78, 5) is 2.25. The number of aliphatic hydroxyl groups is 1. The smallest absolute Gasteiger partial charge is 0.0471 e. The van der Waals surface area contributed by atoms with Gasteiger partial charge in [0.25, 0.3) is 0 Å².